The van der Waals surface area contributed by atoms with Gasteiger partial charge in [0.1, 0.15) is 6.20 Å². The highest BCUT2D eigenvalue weighted by molar-refractivity contribution is 5.73. The number of nitro groups is 1. The summed E-state index contributed by atoms with van der Waals surface area (Å²) in [6.07, 6.45) is 1.95. The average molecular weight is 294 g/mol. The van der Waals surface area contributed by atoms with E-state index in [1.807, 2.05) is 6.92 Å². The fraction of sp³-hybridized carbons (Fsp3) is 0.583. The molecule has 1 aromatic rings. The van der Waals surface area contributed by atoms with Crippen molar-refractivity contribution in [2.75, 3.05) is 29.9 Å². The molecule has 2 heterocycles. The molecule has 2 N–H and O–H groups in total. The largest absolute Gasteiger partial charge is 0.354 e. The number of carbonyl (C=O) groups excluding carboxylic acids is 1. The van der Waals surface area contributed by atoms with Crippen LogP contribution in [0.2, 0.25) is 0 Å². The standard InChI is InChI=1S/C12H18N6O3/c1-3-13-12-14-6-10(18(20)21)11(16-12)17-5-4-9(7-17)15-8(2)19/h6,9H,3-5,7H2,1-2H3,(H,15,19)(H,13,14,16). The van der Waals surface area contributed by atoms with Crippen LogP contribution in [0.15, 0.2) is 6.20 Å². The summed E-state index contributed by atoms with van der Waals surface area (Å²) in [5, 5.41) is 16.9. The van der Waals surface area contributed by atoms with Gasteiger partial charge in [0, 0.05) is 32.6 Å². The molecule has 1 amide bonds. The van der Waals surface area contributed by atoms with E-state index in [2.05, 4.69) is 20.6 Å². The van der Waals surface area contributed by atoms with Crippen LogP contribution in [0.4, 0.5) is 17.5 Å². The summed E-state index contributed by atoms with van der Waals surface area (Å²) in [5.74, 6) is 0.548. The topological polar surface area (TPSA) is 113 Å². The highest BCUT2D eigenvalue weighted by Gasteiger charge is 2.30. The second kappa shape index (κ2) is 6.33. The van der Waals surface area contributed by atoms with Crippen LogP contribution in [0.1, 0.15) is 20.3 Å². The molecule has 9 nitrogen and oxygen atoms in total. The Morgan fingerprint density at radius 1 is 1.62 bits per heavy atom. The first kappa shape index (κ1) is 14.9. The Balaban J connectivity index is 2.23. The molecule has 0 radical (unpaired) electrons. The normalized spacial score (nSPS) is 17.6. The second-order valence-electron chi connectivity index (χ2n) is 4.82. The molecule has 114 valence electrons. The van der Waals surface area contributed by atoms with Crippen molar-refractivity contribution in [2.45, 2.75) is 26.3 Å². The SMILES string of the molecule is CCNc1ncc([N+](=O)[O-])c(N2CCC(NC(C)=O)C2)n1. The minimum atomic E-state index is -0.489. The van der Waals surface area contributed by atoms with E-state index in [1.54, 1.807) is 4.90 Å². The van der Waals surface area contributed by atoms with Gasteiger partial charge in [0.05, 0.1) is 4.92 Å². The van der Waals surface area contributed by atoms with E-state index in [0.29, 0.717) is 31.4 Å². The van der Waals surface area contributed by atoms with Gasteiger partial charge in [-0.05, 0) is 13.3 Å². The molecule has 0 spiro atoms. The Hall–Kier alpha value is -2.45. The van der Waals surface area contributed by atoms with Crippen LogP contribution in [0.5, 0.6) is 0 Å². The number of aromatic nitrogens is 2. The summed E-state index contributed by atoms with van der Waals surface area (Å²) in [6.45, 7) is 5.09. The smallest absolute Gasteiger partial charge is 0.329 e. The molecule has 1 aliphatic heterocycles. The molecule has 1 atom stereocenters. The van der Waals surface area contributed by atoms with E-state index in [-0.39, 0.29) is 17.6 Å². The molecule has 9 heteroatoms. The zero-order valence-corrected chi connectivity index (χ0v) is 12.0. The Morgan fingerprint density at radius 3 is 3.00 bits per heavy atom. The highest BCUT2D eigenvalue weighted by atomic mass is 16.6. The maximum Gasteiger partial charge on any atom is 0.329 e. The Bertz CT molecular complexity index is 550. The molecule has 21 heavy (non-hydrogen) atoms. The third kappa shape index (κ3) is 3.56. The number of nitrogens with zero attached hydrogens (tertiary/aromatic N) is 4. The minimum Gasteiger partial charge on any atom is -0.354 e. The zero-order valence-electron chi connectivity index (χ0n) is 12.0. The van der Waals surface area contributed by atoms with Gasteiger partial charge >= 0.3 is 5.69 Å². The van der Waals surface area contributed by atoms with E-state index in [9.17, 15) is 14.9 Å². The van der Waals surface area contributed by atoms with Crippen LogP contribution in [0, 0.1) is 10.1 Å². The summed E-state index contributed by atoms with van der Waals surface area (Å²) >= 11 is 0. The number of nitrogens with one attached hydrogen (secondary N) is 2. The number of anilines is 2. The lowest BCUT2D eigenvalue weighted by molar-refractivity contribution is -0.384. The molecule has 1 unspecified atom stereocenters. The average Bonchev–Trinajstić information content (AvgIpc) is 2.86. The van der Waals surface area contributed by atoms with Crippen molar-refractivity contribution in [1.82, 2.24) is 15.3 Å². The summed E-state index contributed by atoms with van der Waals surface area (Å²) in [7, 11) is 0. The van der Waals surface area contributed by atoms with Crippen molar-refractivity contribution < 1.29 is 9.72 Å². The maximum absolute atomic E-state index is 11.1. The lowest BCUT2D eigenvalue weighted by Crippen LogP contribution is -2.35. The fourth-order valence-corrected chi connectivity index (χ4v) is 2.33. The van der Waals surface area contributed by atoms with Crippen LogP contribution in [-0.2, 0) is 4.79 Å². The fourth-order valence-electron chi connectivity index (χ4n) is 2.33. The first-order chi connectivity index (χ1) is 10.0. The summed E-state index contributed by atoms with van der Waals surface area (Å²) < 4.78 is 0. The van der Waals surface area contributed by atoms with Gasteiger partial charge in [-0.15, -0.1) is 0 Å². The summed E-state index contributed by atoms with van der Waals surface area (Å²) in [6, 6.07) is -0.0142. The number of carbonyl (C=O) groups is 1. The van der Waals surface area contributed by atoms with Gasteiger partial charge in [0.2, 0.25) is 17.7 Å². The van der Waals surface area contributed by atoms with E-state index < -0.39 is 4.92 Å². The van der Waals surface area contributed by atoms with E-state index in [1.165, 1.54) is 13.1 Å². The van der Waals surface area contributed by atoms with Gasteiger partial charge in [0.15, 0.2) is 0 Å². The molecule has 1 aliphatic rings. The number of hydrogen-bond donors (Lipinski definition) is 2. The van der Waals surface area contributed by atoms with Crippen molar-refractivity contribution in [3.8, 4) is 0 Å². The zero-order chi connectivity index (χ0) is 15.4. The first-order valence-corrected chi connectivity index (χ1v) is 6.78. The Labute approximate surface area is 121 Å². The molecule has 0 bridgehead atoms. The summed E-state index contributed by atoms with van der Waals surface area (Å²) in [5.41, 5.74) is -0.125. The first-order valence-electron chi connectivity index (χ1n) is 6.78. The molecule has 0 aliphatic carbocycles. The van der Waals surface area contributed by atoms with Gasteiger partial charge in [-0.3, -0.25) is 14.9 Å². The Kier molecular flexibility index (Phi) is 4.51. The molecule has 1 saturated heterocycles. The predicted molar refractivity (Wildman–Crippen MR) is 77.3 cm³/mol. The van der Waals surface area contributed by atoms with Gasteiger partial charge in [-0.2, -0.15) is 4.98 Å². The predicted octanol–water partition coefficient (Wildman–Crippen LogP) is 0.531. The molecule has 1 fully saturated rings. The molecule has 2 rings (SSSR count). The quantitative estimate of drug-likeness (QED) is 0.601. The third-order valence-corrected chi connectivity index (χ3v) is 3.18. The highest BCUT2D eigenvalue weighted by Crippen LogP contribution is 2.28. The molecule has 0 aromatic carbocycles. The van der Waals surface area contributed by atoms with Gasteiger partial charge in [-0.1, -0.05) is 0 Å². The Morgan fingerprint density at radius 2 is 2.38 bits per heavy atom. The van der Waals surface area contributed by atoms with E-state index >= 15 is 0 Å². The minimum absolute atomic E-state index is 0.0142. The number of hydrogen-bond acceptors (Lipinski definition) is 7. The second-order valence-corrected chi connectivity index (χ2v) is 4.82. The van der Waals surface area contributed by atoms with Gasteiger partial charge in [0.25, 0.3) is 0 Å². The van der Waals surface area contributed by atoms with E-state index in [0.717, 1.165) is 6.42 Å². The van der Waals surface area contributed by atoms with E-state index in [4.69, 9.17) is 0 Å². The van der Waals surface area contributed by atoms with Crippen LogP contribution < -0.4 is 15.5 Å². The molecular weight excluding hydrogens is 276 g/mol. The number of rotatable bonds is 5. The van der Waals surface area contributed by atoms with Gasteiger partial charge < -0.3 is 15.5 Å². The van der Waals surface area contributed by atoms with Crippen molar-refractivity contribution in [3.63, 3.8) is 0 Å². The van der Waals surface area contributed by atoms with Crippen molar-refractivity contribution in [1.29, 1.82) is 0 Å². The summed E-state index contributed by atoms with van der Waals surface area (Å²) in [4.78, 5) is 31.7. The lowest BCUT2D eigenvalue weighted by atomic mass is 10.2. The van der Waals surface area contributed by atoms with Crippen molar-refractivity contribution in [2.24, 2.45) is 0 Å². The molecule has 1 aromatic heterocycles. The van der Waals surface area contributed by atoms with Gasteiger partial charge in [-0.25, -0.2) is 4.98 Å². The lowest BCUT2D eigenvalue weighted by Gasteiger charge is -2.18. The van der Waals surface area contributed by atoms with Crippen LogP contribution >= 0.6 is 0 Å². The molecular formula is C12H18N6O3. The van der Waals surface area contributed by atoms with Crippen molar-refractivity contribution >= 4 is 23.4 Å². The molecule has 0 saturated carbocycles. The number of amides is 1. The monoisotopic (exact) mass is 294 g/mol. The third-order valence-electron chi connectivity index (χ3n) is 3.18. The maximum atomic E-state index is 11.1. The van der Waals surface area contributed by atoms with Crippen LogP contribution in [-0.4, -0.2) is 46.5 Å². The van der Waals surface area contributed by atoms with Crippen LogP contribution in [0.25, 0.3) is 0 Å². The van der Waals surface area contributed by atoms with Crippen molar-refractivity contribution in [3.05, 3.63) is 16.3 Å². The van der Waals surface area contributed by atoms with Crippen LogP contribution in [0.3, 0.4) is 0 Å².